The molecule has 0 aliphatic rings. The zero-order chi connectivity index (χ0) is 22.3. The van der Waals surface area contributed by atoms with E-state index in [1.807, 2.05) is 0 Å². The molecule has 4 rings (SSSR count). The summed E-state index contributed by atoms with van der Waals surface area (Å²) in [5.74, 6) is -1.41. The van der Waals surface area contributed by atoms with Gasteiger partial charge in [-0.25, -0.2) is 9.07 Å². The molecular formula is C19H9ClF4N4O2S. The molecular weight excluding hydrogens is 460 g/mol. The maximum atomic E-state index is 14.4. The molecule has 158 valence electrons. The first-order valence-electron chi connectivity index (χ1n) is 8.43. The maximum absolute atomic E-state index is 14.4. The molecule has 31 heavy (non-hydrogen) atoms. The molecule has 6 nitrogen and oxygen atoms in total. The fourth-order valence-corrected chi connectivity index (χ4v) is 3.49. The summed E-state index contributed by atoms with van der Waals surface area (Å²) in [4.78, 5) is 16.0. The number of halogens is 5. The predicted octanol–water partition coefficient (Wildman–Crippen LogP) is 5.47. The van der Waals surface area contributed by atoms with Gasteiger partial charge in [-0.1, -0.05) is 22.8 Å². The lowest BCUT2D eigenvalue weighted by Gasteiger charge is -2.12. The van der Waals surface area contributed by atoms with Crippen LogP contribution in [0.25, 0.3) is 28.3 Å². The molecule has 0 aliphatic carbocycles. The molecule has 0 bridgehead atoms. The van der Waals surface area contributed by atoms with E-state index in [4.69, 9.17) is 16.1 Å². The van der Waals surface area contributed by atoms with Gasteiger partial charge in [0.25, 0.3) is 0 Å². The van der Waals surface area contributed by atoms with Gasteiger partial charge in [0.2, 0.25) is 5.12 Å². The van der Waals surface area contributed by atoms with Gasteiger partial charge < -0.3 is 4.52 Å². The smallest absolute Gasteiger partial charge is 0.355 e. The standard InChI is InChI=1S/C19H9ClF4N4O2S/c20-11-4-1-5-12(21)13(11)15-14(18(29)31)16(30-27-15)10-8-26-28(17(10)19(22,23)24)9-3-2-6-25-7-9/h1-8H,(H,29,31). The molecule has 0 unspecified atom stereocenters. The van der Waals surface area contributed by atoms with Gasteiger partial charge in [0.1, 0.15) is 17.1 Å². The molecule has 3 heterocycles. The van der Waals surface area contributed by atoms with Gasteiger partial charge in [0.15, 0.2) is 11.5 Å². The van der Waals surface area contributed by atoms with Gasteiger partial charge >= 0.3 is 6.18 Å². The van der Waals surface area contributed by atoms with E-state index in [0.29, 0.717) is 4.68 Å². The molecule has 0 saturated heterocycles. The van der Waals surface area contributed by atoms with E-state index in [1.165, 1.54) is 36.7 Å². The number of thiol groups is 1. The lowest BCUT2D eigenvalue weighted by molar-refractivity contribution is -0.142. The number of aromatic nitrogens is 4. The Bertz CT molecular complexity index is 1270. The van der Waals surface area contributed by atoms with Gasteiger partial charge in [-0.15, -0.1) is 12.6 Å². The number of hydrogen-bond acceptors (Lipinski definition) is 5. The molecule has 4 aromatic rings. The molecule has 0 aliphatic heterocycles. The van der Waals surface area contributed by atoms with Crippen LogP contribution >= 0.6 is 24.2 Å². The van der Waals surface area contributed by atoms with Crippen LogP contribution in [0.15, 0.2) is 53.4 Å². The Morgan fingerprint density at radius 1 is 1.16 bits per heavy atom. The van der Waals surface area contributed by atoms with Crippen molar-refractivity contribution in [3.63, 3.8) is 0 Å². The molecule has 0 fully saturated rings. The summed E-state index contributed by atoms with van der Waals surface area (Å²) in [5.41, 5.74) is -2.95. The lowest BCUT2D eigenvalue weighted by atomic mass is 10.0. The third-order valence-corrected chi connectivity index (χ3v) is 4.82. The maximum Gasteiger partial charge on any atom is 0.434 e. The van der Waals surface area contributed by atoms with Crippen molar-refractivity contribution in [3.8, 4) is 28.3 Å². The van der Waals surface area contributed by atoms with Crippen LogP contribution in [-0.2, 0) is 6.18 Å². The van der Waals surface area contributed by atoms with Crippen molar-refractivity contribution in [1.29, 1.82) is 0 Å². The summed E-state index contributed by atoms with van der Waals surface area (Å²) in [5, 5.41) is 6.30. The van der Waals surface area contributed by atoms with Crippen LogP contribution in [0.1, 0.15) is 16.1 Å². The first-order valence-corrected chi connectivity index (χ1v) is 9.26. The Kier molecular flexibility index (Phi) is 5.31. The number of pyridine rings is 1. The predicted molar refractivity (Wildman–Crippen MR) is 106 cm³/mol. The van der Waals surface area contributed by atoms with E-state index in [2.05, 4.69) is 27.9 Å². The zero-order valence-electron chi connectivity index (χ0n) is 15.1. The Balaban J connectivity index is 2.00. The van der Waals surface area contributed by atoms with Gasteiger partial charge in [0, 0.05) is 6.20 Å². The van der Waals surface area contributed by atoms with Crippen molar-refractivity contribution >= 4 is 29.3 Å². The molecule has 12 heteroatoms. The second-order valence-electron chi connectivity index (χ2n) is 6.16. The molecule has 1 aromatic carbocycles. The van der Waals surface area contributed by atoms with Gasteiger partial charge in [-0.3, -0.25) is 9.78 Å². The van der Waals surface area contributed by atoms with Crippen molar-refractivity contribution in [2.24, 2.45) is 0 Å². The minimum Gasteiger partial charge on any atom is -0.355 e. The van der Waals surface area contributed by atoms with Crippen LogP contribution in [0.2, 0.25) is 5.02 Å². The lowest BCUT2D eigenvalue weighted by Crippen LogP contribution is -2.14. The summed E-state index contributed by atoms with van der Waals surface area (Å²) in [6.07, 6.45) is -1.47. The van der Waals surface area contributed by atoms with Gasteiger partial charge in [-0.2, -0.15) is 18.3 Å². The Hall–Kier alpha value is -3.18. The van der Waals surface area contributed by atoms with Crippen molar-refractivity contribution in [3.05, 3.63) is 71.0 Å². The molecule has 0 amide bonds. The van der Waals surface area contributed by atoms with E-state index in [0.717, 1.165) is 12.3 Å². The largest absolute Gasteiger partial charge is 0.434 e. The number of alkyl halides is 3. The second kappa shape index (κ2) is 7.82. The summed E-state index contributed by atoms with van der Waals surface area (Å²) in [6, 6.07) is 6.53. The summed E-state index contributed by atoms with van der Waals surface area (Å²) in [7, 11) is 0. The average molecular weight is 469 g/mol. The Morgan fingerprint density at radius 2 is 1.94 bits per heavy atom. The first-order chi connectivity index (χ1) is 14.7. The third kappa shape index (κ3) is 3.70. The summed E-state index contributed by atoms with van der Waals surface area (Å²) >= 11 is 9.75. The fraction of sp³-hybridized carbons (Fsp3) is 0.0526. The van der Waals surface area contributed by atoms with E-state index >= 15 is 0 Å². The topological polar surface area (TPSA) is 73.8 Å². The Labute approximate surface area is 181 Å². The molecule has 0 spiro atoms. The normalized spacial score (nSPS) is 11.7. The van der Waals surface area contributed by atoms with Crippen LogP contribution in [0.3, 0.4) is 0 Å². The SMILES string of the molecule is O=C(S)c1c(-c2c(F)cccc2Cl)noc1-c1cnn(-c2cccnc2)c1C(F)(F)F. The fourth-order valence-electron chi connectivity index (χ4n) is 3.03. The molecule has 0 N–H and O–H groups in total. The van der Waals surface area contributed by atoms with Crippen LogP contribution in [0.5, 0.6) is 0 Å². The van der Waals surface area contributed by atoms with E-state index in [1.54, 1.807) is 0 Å². The Morgan fingerprint density at radius 3 is 2.55 bits per heavy atom. The quantitative estimate of drug-likeness (QED) is 0.317. The number of hydrogen-bond donors (Lipinski definition) is 1. The number of carbonyl (C=O) groups excluding carboxylic acids is 1. The molecule has 0 atom stereocenters. The van der Waals surface area contributed by atoms with Crippen molar-refractivity contribution in [2.45, 2.75) is 6.18 Å². The molecule has 3 aromatic heterocycles. The minimum atomic E-state index is -4.90. The minimum absolute atomic E-state index is 0.0247. The van der Waals surface area contributed by atoms with Crippen molar-refractivity contribution < 1.29 is 26.9 Å². The highest BCUT2D eigenvalue weighted by atomic mass is 35.5. The summed E-state index contributed by atoms with van der Waals surface area (Å²) in [6.45, 7) is 0. The van der Waals surface area contributed by atoms with Crippen LogP contribution < -0.4 is 0 Å². The highest BCUT2D eigenvalue weighted by Crippen LogP contribution is 2.43. The highest BCUT2D eigenvalue weighted by molar-refractivity contribution is 7.97. The van der Waals surface area contributed by atoms with Gasteiger partial charge in [-0.05, 0) is 24.3 Å². The third-order valence-electron chi connectivity index (χ3n) is 4.28. The van der Waals surface area contributed by atoms with Crippen molar-refractivity contribution in [1.82, 2.24) is 19.9 Å². The number of rotatable bonds is 4. The van der Waals surface area contributed by atoms with Crippen molar-refractivity contribution in [2.75, 3.05) is 0 Å². The number of benzene rings is 1. The van der Waals surface area contributed by atoms with E-state index < -0.39 is 39.7 Å². The summed E-state index contributed by atoms with van der Waals surface area (Å²) < 4.78 is 62.0. The monoisotopic (exact) mass is 468 g/mol. The zero-order valence-corrected chi connectivity index (χ0v) is 16.7. The van der Waals surface area contributed by atoms with Crippen LogP contribution in [-0.4, -0.2) is 25.0 Å². The number of nitrogens with zero attached hydrogens (tertiary/aromatic N) is 4. The molecule has 0 radical (unpaired) electrons. The van der Waals surface area contributed by atoms with E-state index in [-0.39, 0.29) is 22.0 Å². The molecule has 0 saturated carbocycles. The second-order valence-corrected chi connectivity index (χ2v) is 6.98. The van der Waals surface area contributed by atoms with E-state index in [9.17, 15) is 22.4 Å². The average Bonchev–Trinajstić information content (AvgIpc) is 3.33. The van der Waals surface area contributed by atoms with Crippen LogP contribution in [0, 0.1) is 5.82 Å². The van der Waals surface area contributed by atoms with Gasteiger partial charge in [0.05, 0.1) is 34.2 Å². The first kappa shape index (κ1) is 21.1. The van der Waals surface area contributed by atoms with Crippen LogP contribution in [0.4, 0.5) is 17.6 Å². The number of carbonyl (C=O) groups is 1. The highest BCUT2D eigenvalue weighted by Gasteiger charge is 2.41.